The fraction of sp³-hybridized carbons (Fsp3) is 0.385. The molecule has 6 nitrogen and oxygen atoms in total. The van der Waals surface area contributed by atoms with Gasteiger partial charge in [0.1, 0.15) is 18.5 Å². The lowest BCUT2D eigenvalue weighted by Crippen LogP contribution is -2.30. The molecule has 0 aromatic carbocycles. The van der Waals surface area contributed by atoms with Crippen LogP contribution in [0.3, 0.4) is 0 Å². The SMILES string of the molecule is CC(C)(C)OC(=O)Cn1c(=O)ccc2ncncc21. The molecule has 2 aromatic heterocycles. The number of hydrogen-bond acceptors (Lipinski definition) is 5. The summed E-state index contributed by atoms with van der Waals surface area (Å²) >= 11 is 0. The van der Waals surface area contributed by atoms with E-state index in [-0.39, 0.29) is 12.1 Å². The minimum Gasteiger partial charge on any atom is -0.459 e. The van der Waals surface area contributed by atoms with E-state index in [1.165, 1.54) is 23.2 Å². The van der Waals surface area contributed by atoms with Gasteiger partial charge in [0.05, 0.1) is 17.2 Å². The maximum Gasteiger partial charge on any atom is 0.326 e. The van der Waals surface area contributed by atoms with Crippen molar-refractivity contribution in [3.8, 4) is 0 Å². The Bertz CT molecular complexity index is 671. The lowest BCUT2D eigenvalue weighted by atomic mass is 10.2. The Kier molecular flexibility index (Phi) is 3.33. The monoisotopic (exact) mass is 261 g/mol. The minimum absolute atomic E-state index is 0.152. The Labute approximate surface area is 110 Å². The van der Waals surface area contributed by atoms with Gasteiger partial charge in [-0.2, -0.15) is 0 Å². The Morgan fingerprint density at radius 3 is 2.79 bits per heavy atom. The topological polar surface area (TPSA) is 74.1 Å². The minimum atomic E-state index is -0.582. The van der Waals surface area contributed by atoms with Gasteiger partial charge in [0.25, 0.3) is 5.56 Å². The van der Waals surface area contributed by atoms with Gasteiger partial charge in [-0.05, 0) is 26.8 Å². The summed E-state index contributed by atoms with van der Waals surface area (Å²) in [7, 11) is 0. The molecule has 2 rings (SSSR count). The summed E-state index contributed by atoms with van der Waals surface area (Å²) in [6, 6.07) is 2.98. The highest BCUT2D eigenvalue weighted by molar-refractivity contribution is 5.76. The van der Waals surface area contributed by atoms with Crippen molar-refractivity contribution in [2.45, 2.75) is 32.9 Å². The molecule has 0 unspecified atom stereocenters. The van der Waals surface area contributed by atoms with Gasteiger partial charge in [-0.15, -0.1) is 0 Å². The Hall–Kier alpha value is -2.24. The zero-order valence-electron chi connectivity index (χ0n) is 11.1. The van der Waals surface area contributed by atoms with Gasteiger partial charge in [-0.1, -0.05) is 0 Å². The van der Waals surface area contributed by atoms with Crippen molar-refractivity contribution in [2.75, 3.05) is 0 Å². The zero-order valence-corrected chi connectivity index (χ0v) is 11.1. The molecular formula is C13H15N3O3. The molecule has 0 N–H and O–H groups in total. The number of rotatable bonds is 2. The Balaban J connectivity index is 2.37. The van der Waals surface area contributed by atoms with E-state index in [0.717, 1.165) is 0 Å². The Morgan fingerprint density at radius 2 is 2.11 bits per heavy atom. The summed E-state index contributed by atoms with van der Waals surface area (Å²) in [6.07, 6.45) is 2.90. The van der Waals surface area contributed by atoms with Gasteiger partial charge >= 0.3 is 5.97 Å². The predicted octanol–water partition coefficient (Wildman–Crippen LogP) is 1.13. The molecule has 0 aliphatic heterocycles. The molecule has 6 heteroatoms. The number of aromatic nitrogens is 3. The van der Waals surface area contributed by atoms with Crippen LogP contribution in [0.25, 0.3) is 11.0 Å². The number of esters is 1. The number of carbonyl (C=O) groups is 1. The molecule has 0 spiro atoms. The summed E-state index contributed by atoms with van der Waals surface area (Å²) < 4.78 is 6.52. The second kappa shape index (κ2) is 4.79. The molecule has 0 amide bonds. The third-order valence-electron chi connectivity index (χ3n) is 2.37. The van der Waals surface area contributed by atoms with Crippen molar-refractivity contribution in [3.63, 3.8) is 0 Å². The molecule has 0 bridgehead atoms. The van der Waals surface area contributed by atoms with E-state index < -0.39 is 11.6 Å². The zero-order chi connectivity index (χ0) is 14.0. The highest BCUT2D eigenvalue weighted by Gasteiger charge is 2.17. The number of hydrogen-bond donors (Lipinski definition) is 0. The van der Waals surface area contributed by atoms with Crippen LogP contribution < -0.4 is 5.56 Å². The molecule has 0 atom stereocenters. The van der Waals surface area contributed by atoms with Crippen molar-refractivity contribution in [3.05, 3.63) is 35.0 Å². The van der Waals surface area contributed by atoms with E-state index in [1.807, 2.05) is 0 Å². The molecule has 0 saturated carbocycles. The molecule has 0 fully saturated rings. The van der Waals surface area contributed by atoms with Crippen LogP contribution in [0.5, 0.6) is 0 Å². The fourth-order valence-corrected chi connectivity index (χ4v) is 1.69. The Morgan fingerprint density at radius 1 is 1.37 bits per heavy atom. The van der Waals surface area contributed by atoms with Crippen LogP contribution in [0.4, 0.5) is 0 Å². The van der Waals surface area contributed by atoms with Gasteiger partial charge in [-0.25, -0.2) is 9.97 Å². The van der Waals surface area contributed by atoms with Crippen LogP contribution >= 0.6 is 0 Å². The van der Waals surface area contributed by atoms with Crippen LogP contribution in [0.2, 0.25) is 0 Å². The normalized spacial score (nSPS) is 11.5. The molecule has 2 aromatic rings. The number of pyridine rings is 1. The van der Waals surface area contributed by atoms with Gasteiger partial charge in [-0.3, -0.25) is 14.2 Å². The van der Waals surface area contributed by atoms with Gasteiger partial charge in [0.2, 0.25) is 0 Å². The summed E-state index contributed by atoms with van der Waals surface area (Å²) in [4.78, 5) is 31.6. The smallest absolute Gasteiger partial charge is 0.326 e. The molecule has 19 heavy (non-hydrogen) atoms. The molecular weight excluding hydrogens is 246 g/mol. The van der Waals surface area contributed by atoms with Crippen LogP contribution in [-0.4, -0.2) is 26.1 Å². The number of carbonyl (C=O) groups excluding carboxylic acids is 1. The second-order valence-corrected chi connectivity index (χ2v) is 5.14. The predicted molar refractivity (Wildman–Crippen MR) is 69.6 cm³/mol. The summed E-state index contributed by atoms with van der Waals surface area (Å²) in [5.41, 5.74) is 0.258. The van der Waals surface area contributed by atoms with E-state index >= 15 is 0 Å². The summed E-state index contributed by atoms with van der Waals surface area (Å²) in [6.45, 7) is 5.18. The largest absolute Gasteiger partial charge is 0.459 e. The molecule has 0 saturated heterocycles. The first-order valence-electron chi connectivity index (χ1n) is 5.88. The van der Waals surface area contributed by atoms with Crippen LogP contribution in [-0.2, 0) is 16.1 Å². The standard InChI is InChI=1S/C13H15N3O3/c1-13(2,3)19-12(18)7-16-10-6-14-8-15-9(10)4-5-11(16)17/h4-6,8H,7H2,1-3H3. The average Bonchev–Trinajstić information content (AvgIpc) is 2.31. The highest BCUT2D eigenvalue weighted by Crippen LogP contribution is 2.10. The van der Waals surface area contributed by atoms with E-state index in [1.54, 1.807) is 26.8 Å². The van der Waals surface area contributed by atoms with Crippen LogP contribution in [0.1, 0.15) is 20.8 Å². The fourth-order valence-electron chi connectivity index (χ4n) is 1.69. The first-order chi connectivity index (χ1) is 8.87. The van der Waals surface area contributed by atoms with Gasteiger partial charge in [0.15, 0.2) is 0 Å². The lowest BCUT2D eigenvalue weighted by molar-refractivity contribution is -0.155. The first kappa shape index (κ1) is 13.2. The number of ether oxygens (including phenoxy) is 1. The molecule has 100 valence electrons. The quantitative estimate of drug-likeness (QED) is 0.758. The van der Waals surface area contributed by atoms with Crippen molar-refractivity contribution in [1.82, 2.24) is 14.5 Å². The molecule has 0 aliphatic rings. The third kappa shape index (κ3) is 3.15. The van der Waals surface area contributed by atoms with Gasteiger partial charge < -0.3 is 4.74 Å². The van der Waals surface area contributed by atoms with E-state index in [9.17, 15) is 9.59 Å². The van der Waals surface area contributed by atoms with E-state index in [0.29, 0.717) is 11.0 Å². The molecule has 0 radical (unpaired) electrons. The first-order valence-corrected chi connectivity index (χ1v) is 5.88. The average molecular weight is 261 g/mol. The summed E-state index contributed by atoms with van der Waals surface area (Å²) in [5, 5.41) is 0. The summed E-state index contributed by atoms with van der Waals surface area (Å²) in [5.74, 6) is -0.467. The lowest BCUT2D eigenvalue weighted by Gasteiger charge is -2.20. The molecule has 2 heterocycles. The number of fused-ring (bicyclic) bond motifs is 1. The van der Waals surface area contributed by atoms with Crippen LogP contribution in [0.15, 0.2) is 29.5 Å². The highest BCUT2D eigenvalue weighted by atomic mass is 16.6. The van der Waals surface area contributed by atoms with Crippen LogP contribution in [0, 0.1) is 0 Å². The molecule has 0 aliphatic carbocycles. The third-order valence-corrected chi connectivity index (χ3v) is 2.37. The maximum atomic E-state index is 11.8. The van der Waals surface area contributed by atoms with Crippen molar-refractivity contribution < 1.29 is 9.53 Å². The number of nitrogens with zero attached hydrogens (tertiary/aromatic N) is 3. The van der Waals surface area contributed by atoms with Gasteiger partial charge in [0, 0.05) is 6.07 Å². The van der Waals surface area contributed by atoms with Crippen molar-refractivity contribution >= 4 is 17.0 Å². The van der Waals surface area contributed by atoms with E-state index in [2.05, 4.69) is 9.97 Å². The van der Waals surface area contributed by atoms with E-state index in [4.69, 9.17) is 4.74 Å². The maximum absolute atomic E-state index is 11.8. The van der Waals surface area contributed by atoms with Crippen molar-refractivity contribution in [2.24, 2.45) is 0 Å². The van der Waals surface area contributed by atoms with Crippen molar-refractivity contribution in [1.29, 1.82) is 0 Å². The second-order valence-electron chi connectivity index (χ2n) is 5.14.